The van der Waals surface area contributed by atoms with Gasteiger partial charge in [0.1, 0.15) is 11.6 Å². The molecule has 0 atom stereocenters. The predicted molar refractivity (Wildman–Crippen MR) is 80.1 cm³/mol. The molecular formula is C13H12BrN5O. The van der Waals surface area contributed by atoms with Crippen molar-refractivity contribution in [3.05, 3.63) is 40.8 Å². The lowest BCUT2D eigenvalue weighted by Gasteiger charge is -2.04. The first-order valence-corrected chi connectivity index (χ1v) is 6.94. The topological polar surface area (TPSA) is 71.8 Å². The molecular weight excluding hydrogens is 322 g/mol. The minimum Gasteiger partial charge on any atom is -0.346 e. The Morgan fingerprint density at radius 3 is 3.20 bits per heavy atom. The quantitative estimate of drug-likeness (QED) is 0.846. The van der Waals surface area contributed by atoms with Crippen LogP contribution in [0, 0.1) is 0 Å². The Balaban J connectivity index is 1.93. The number of hydrogen-bond acceptors (Lipinski definition) is 4. The standard InChI is InChI=1S/C13H12BrN5O/c1-2-19-11(3-4-17-19)15-7-10-9-5-8(14)6-16-12(9)18-13(10)20/h3-7,15H,2H2,1H3,(H,16,18,20)/b10-7-. The van der Waals surface area contributed by atoms with Crippen LogP contribution in [-0.2, 0) is 11.3 Å². The Morgan fingerprint density at radius 2 is 2.40 bits per heavy atom. The molecule has 2 aromatic rings. The first-order chi connectivity index (χ1) is 9.69. The number of anilines is 2. The van der Waals surface area contributed by atoms with Gasteiger partial charge >= 0.3 is 0 Å². The average Bonchev–Trinajstić information content (AvgIpc) is 3.00. The highest BCUT2D eigenvalue weighted by Crippen LogP contribution is 2.31. The summed E-state index contributed by atoms with van der Waals surface area (Å²) in [6.45, 7) is 2.76. The van der Waals surface area contributed by atoms with E-state index in [0.29, 0.717) is 11.4 Å². The molecule has 102 valence electrons. The molecule has 0 fully saturated rings. The molecule has 0 aromatic carbocycles. The van der Waals surface area contributed by atoms with Crippen molar-refractivity contribution in [2.45, 2.75) is 13.5 Å². The average molecular weight is 334 g/mol. The van der Waals surface area contributed by atoms with E-state index in [-0.39, 0.29) is 5.91 Å². The van der Waals surface area contributed by atoms with Gasteiger partial charge < -0.3 is 10.6 Å². The molecule has 0 spiro atoms. The molecule has 3 heterocycles. The highest BCUT2D eigenvalue weighted by molar-refractivity contribution is 9.10. The van der Waals surface area contributed by atoms with Crippen molar-refractivity contribution >= 4 is 39.0 Å². The fourth-order valence-electron chi connectivity index (χ4n) is 2.04. The third kappa shape index (κ3) is 2.20. The van der Waals surface area contributed by atoms with Crippen LogP contribution in [0.25, 0.3) is 5.57 Å². The molecule has 0 aliphatic carbocycles. The van der Waals surface area contributed by atoms with E-state index < -0.39 is 0 Å². The molecule has 0 unspecified atom stereocenters. The highest BCUT2D eigenvalue weighted by Gasteiger charge is 2.25. The Hall–Kier alpha value is -2.15. The number of carbonyl (C=O) groups is 1. The molecule has 2 aromatic heterocycles. The lowest BCUT2D eigenvalue weighted by Crippen LogP contribution is -2.07. The lowest BCUT2D eigenvalue weighted by atomic mass is 10.1. The molecule has 0 radical (unpaired) electrons. The van der Waals surface area contributed by atoms with Gasteiger partial charge in [0.15, 0.2) is 0 Å². The van der Waals surface area contributed by atoms with Crippen LogP contribution in [0.3, 0.4) is 0 Å². The summed E-state index contributed by atoms with van der Waals surface area (Å²) in [5.74, 6) is 1.25. The summed E-state index contributed by atoms with van der Waals surface area (Å²) >= 11 is 3.36. The Morgan fingerprint density at radius 1 is 1.55 bits per heavy atom. The van der Waals surface area contributed by atoms with Gasteiger partial charge in [-0.05, 0) is 28.9 Å². The Labute approximate surface area is 124 Å². The number of hydrogen-bond donors (Lipinski definition) is 2. The molecule has 3 rings (SSSR count). The maximum absolute atomic E-state index is 12.0. The Bertz CT molecular complexity index is 707. The normalized spacial score (nSPS) is 15.3. The summed E-state index contributed by atoms with van der Waals surface area (Å²) in [5, 5.41) is 10.0. The van der Waals surface area contributed by atoms with Gasteiger partial charge in [-0.2, -0.15) is 5.10 Å². The van der Waals surface area contributed by atoms with Crippen LogP contribution >= 0.6 is 15.9 Å². The maximum atomic E-state index is 12.0. The number of nitrogens with zero attached hydrogens (tertiary/aromatic N) is 3. The van der Waals surface area contributed by atoms with Crippen molar-refractivity contribution in [1.29, 1.82) is 0 Å². The first kappa shape index (κ1) is 12.9. The van der Waals surface area contributed by atoms with Crippen LogP contribution in [-0.4, -0.2) is 20.7 Å². The summed E-state index contributed by atoms with van der Waals surface area (Å²) in [6.07, 6.45) is 5.05. The molecule has 0 bridgehead atoms. The largest absolute Gasteiger partial charge is 0.346 e. The second-order valence-electron chi connectivity index (χ2n) is 4.24. The molecule has 6 nitrogen and oxygen atoms in total. The fourth-order valence-corrected chi connectivity index (χ4v) is 2.37. The third-order valence-electron chi connectivity index (χ3n) is 3.00. The van der Waals surface area contributed by atoms with Crippen LogP contribution in [0.4, 0.5) is 11.6 Å². The van der Waals surface area contributed by atoms with E-state index in [2.05, 4.69) is 36.6 Å². The van der Waals surface area contributed by atoms with Crippen LogP contribution in [0.1, 0.15) is 12.5 Å². The molecule has 0 saturated carbocycles. The number of fused-ring (bicyclic) bond motifs is 1. The number of carbonyl (C=O) groups excluding carboxylic acids is 1. The fraction of sp³-hybridized carbons (Fsp3) is 0.154. The molecule has 1 amide bonds. The second-order valence-corrected chi connectivity index (χ2v) is 5.15. The first-order valence-electron chi connectivity index (χ1n) is 6.15. The van der Waals surface area contributed by atoms with Crippen molar-refractivity contribution in [3.63, 3.8) is 0 Å². The van der Waals surface area contributed by atoms with Gasteiger partial charge in [-0.3, -0.25) is 4.79 Å². The van der Waals surface area contributed by atoms with E-state index in [1.54, 1.807) is 18.6 Å². The number of aryl methyl sites for hydroxylation is 1. The van der Waals surface area contributed by atoms with E-state index in [1.807, 2.05) is 23.7 Å². The van der Waals surface area contributed by atoms with Crippen molar-refractivity contribution in [2.24, 2.45) is 0 Å². The maximum Gasteiger partial charge on any atom is 0.259 e. The summed E-state index contributed by atoms with van der Waals surface area (Å²) in [5.41, 5.74) is 1.33. The highest BCUT2D eigenvalue weighted by atomic mass is 79.9. The van der Waals surface area contributed by atoms with Crippen molar-refractivity contribution in [2.75, 3.05) is 10.6 Å². The second kappa shape index (κ2) is 5.09. The zero-order chi connectivity index (χ0) is 14.1. The number of halogens is 1. The van der Waals surface area contributed by atoms with Gasteiger partial charge in [-0.25, -0.2) is 9.67 Å². The van der Waals surface area contributed by atoms with Crippen molar-refractivity contribution < 1.29 is 4.79 Å². The van der Waals surface area contributed by atoms with Crippen LogP contribution < -0.4 is 10.6 Å². The molecule has 2 N–H and O–H groups in total. The van der Waals surface area contributed by atoms with Gasteiger partial charge in [-0.15, -0.1) is 0 Å². The van der Waals surface area contributed by atoms with E-state index in [0.717, 1.165) is 22.4 Å². The number of rotatable bonds is 3. The smallest absolute Gasteiger partial charge is 0.259 e. The summed E-state index contributed by atoms with van der Waals surface area (Å²) in [4.78, 5) is 16.1. The zero-order valence-corrected chi connectivity index (χ0v) is 12.3. The van der Waals surface area contributed by atoms with Gasteiger partial charge in [0.05, 0.1) is 11.8 Å². The zero-order valence-electron chi connectivity index (χ0n) is 10.7. The Kier molecular flexibility index (Phi) is 3.27. The SMILES string of the molecule is CCn1nccc1N/C=C1\C(=O)Nc2ncc(Br)cc21. The lowest BCUT2D eigenvalue weighted by molar-refractivity contribution is -0.110. The van der Waals surface area contributed by atoms with Crippen molar-refractivity contribution in [1.82, 2.24) is 14.8 Å². The van der Waals surface area contributed by atoms with Gasteiger partial charge in [0, 0.05) is 35.0 Å². The van der Waals surface area contributed by atoms with E-state index in [1.165, 1.54) is 0 Å². The van der Waals surface area contributed by atoms with Crippen molar-refractivity contribution in [3.8, 4) is 0 Å². The van der Waals surface area contributed by atoms with E-state index in [9.17, 15) is 4.79 Å². The third-order valence-corrected chi connectivity index (χ3v) is 3.44. The van der Waals surface area contributed by atoms with Crippen LogP contribution in [0.5, 0.6) is 0 Å². The number of nitrogens with one attached hydrogen (secondary N) is 2. The van der Waals surface area contributed by atoms with Crippen LogP contribution in [0.2, 0.25) is 0 Å². The van der Waals surface area contributed by atoms with E-state index in [4.69, 9.17) is 0 Å². The molecule has 20 heavy (non-hydrogen) atoms. The molecule has 0 saturated heterocycles. The number of pyridine rings is 1. The molecule has 1 aliphatic rings. The predicted octanol–water partition coefficient (Wildman–Crippen LogP) is 2.47. The number of amides is 1. The van der Waals surface area contributed by atoms with E-state index >= 15 is 0 Å². The molecule has 1 aliphatic heterocycles. The summed E-state index contributed by atoms with van der Waals surface area (Å²) < 4.78 is 2.64. The number of aromatic nitrogens is 3. The minimum atomic E-state index is -0.166. The van der Waals surface area contributed by atoms with Crippen LogP contribution in [0.15, 0.2) is 35.2 Å². The summed E-state index contributed by atoms with van der Waals surface area (Å²) in [7, 11) is 0. The van der Waals surface area contributed by atoms with Gasteiger partial charge in [0.25, 0.3) is 5.91 Å². The van der Waals surface area contributed by atoms with Gasteiger partial charge in [0.2, 0.25) is 0 Å². The van der Waals surface area contributed by atoms with Gasteiger partial charge in [-0.1, -0.05) is 0 Å². The monoisotopic (exact) mass is 333 g/mol. The summed E-state index contributed by atoms with van der Waals surface area (Å²) in [6, 6.07) is 3.72. The minimum absolute atomic E-state index is 0.166. The molecule has 7 heteroatoms.